The minimum absolute atomic E-state index is 0.0978. The zero-order chi connectivity index (χ0) is 25.2. The second-order valence-electron chi connectivity index (χ2n) is 6.88. The average molecular weight is 505 g/mol. The fourth-order valence-electron chi connectivity index (χ4n) is 3.20. The standard InChI is InChI=1S/C21H16ClF3N8O2/c1-3-4-12-9-13(10-27-18(12)33-28-7-8-29-33)31-20(34)14-11-30-32(17(14)21(23,24)25)19-16(22)15(35-2)5-6-26-19/h3-11H,1-2H3,(H,31,34)/b4-3-. The highest BCUT2D eigenvalue weighted by Crippen LogP contribution is 2.36. The van der Waals surface area contributed by atoms with E-state index in [1.54, 1.807) is 19.1 Å². The molecule has 0 spiro atoms. The maximum absolute atomic E-state index is 14.0. The molecule has 35 heavy (non-hydrogen) atoms. The van der Waals surface area contributed by atoms with Crippen LogP contribution in [-0.4, -0.2) is 47.8 Å². The molecule has 0 bridgehead atoms. The Morgan fingerprint density at radius 2 is 1.86 bits per heavy atom. The van der Waals surface area contributed by atoms with Gasteiger partial charge >= 0.3 is 6.18 Å². The van der Waals surface area contributed by atoms with Gasteiger partial charge in [-0.25, -0.2) is 14.6 Å². The van der Waals surface area contributed by atoms with Crippen molar-refractivity contribution >= 4 is 29.3 Å². The summed E-state index contributed by atoms with van der Waals surface area (Å²) in [6.45, 7) is 1.77. The number of anilines is 1. The van der Waals surface area contributed by atoms with Crippen molar-refractivity contribution in [2.45, 2.75) is 13.1 Å². The van der Waals surface area contributed by atoms with Crippen molar-refractivity contribution in [2.75, 3.05) is 12.4 Å². The van der Waals surface area contributed by atoms with E-state index in [0.29, 0.717) is 16.1 Å². The number of aromatic nitrogens is 7. The van der Waals surface area contributed by atoms with Crippen LogP contribution in [0.5, 0.6) is 5.75 Å². The first-order valence-corrected chi connectivity index (χ1v) is 10.3. The van der Waals surface area contributed by atoms with E-state index in [4.69, 9.17) is 16.3 Å². The van der Waals surface area contributed by atoms with E-state index in [1.807, 2.05) is 0 Å². The number of pyridine rings is 2. The molecule has 4 rings (SSSR count). The molecule has 14 heteroatoms. The molecule has 0 aliphatic heterocycles. The molecule has 1 N–H and O–H groups in total. The molecule has 0 aromatic carbocycles. The predicted octanol–water partition coefficient (Wildman–Crippen LogP) is 4.21. The second-order valence-corrected chi connectivity index (χ2v) is 7.25. The topological polar surface area (TPSA) is 113 Å². The highest BCUT2D eigenvalue weighted by Gasteiger charge is 2.41. The Morgan fingerprint density at radius 1 is 1.11 bits per heavy atom. The summed E-state index contributed by atoms with van der Waals surface area (Å²) in [7, 11) is 1.31. The summed E-state index contributed by atoms with van der Waals surface area (Å²) >= 11 is 6.15. The van der Waals surface area contributed by atoms with Gasteiger partial charge in [0.2, 0.25) is 0 Å². The molecule has 0 unspecified atom stereocenters. The fourth-order valence-corrected chi connectivity index (χ4v) is 3.47. The highest BCUT2D eigenvalue weighted by atomic mass is 35.5. The van der Waals surface area contributed by atoms with Gasteiger partial charge in [0, 0.05) is 17.8 Å². The Kier molecular flexibility index (Phi) is 6.51. The molecule has 0 aliphatic carbocycles. The van der Waals surface area contributed by atoms with Gasteiger partial charge in [-0.1, -0.05) is 23.8 Å². The monoisotopic (exact) mass is 504 g/mol. The summed E-state index contributed by atoms with van der Waals surface area (Å²) < 4.78 is 47.6. The molecular weight excluding hydrogens is 489 g/mol. The van der Waals surface area contributed by atoms with Gasteiger partial charge in [0.15, 0.2) is 17.3 Å². The Hall–Kier alpha value is -4.26. The van der Waals surface area contributed by atoms with Crippen molar-refractivity contribution in [2.24, 2.45) is 0 Å². The van der Waals surface area contributed by atoms with Gasteiger partial charge in [0.05, 0.1) is 43.1 Å². The predicted molar refractivity (Wildman–Crippen MR) is 120 cm³/mol. The van der Waals surface area contributed by atoms with Crippen LogP contribution in [0.1, 0.15) is 28.5 Å². The third-order valence-electron chi connectivity index (χ3n) is 4.65. The molecule has 4 aromatic rings. The molecule has 0 atom stereocenters. The number of rotatable bonds is 6. The summed E-state index contributed by atoms with van der Waals surface area (Å²) in [5.41, 5.74) is -1.40. The summed E-state index contributed by atoms with van der Waals surface area (Å²) in [4.78, 5) is 22.3. The number of ether oxygens (including phenoxy) is 1. The lowest BCUT2D eigenvalue weighted by molar-refractivity contribution is -0.143. The largest absolute Gasteiger partial charge is 0.495 e. The van der Waals surface area contributed by atoms with Gasteiger partial charge in [-0.2, -0.15) is 28.5 Å². The molecule has 180 valence electrons. The number of carbonyl (C=O) groups is 1. The van der Waals surface area contributed by atoms with Gasteiger partial charge in [-0.05, 0) is 13.0 Å². The van der Waals surface area contributed by atoms with Gasteiger partial charge in [-0.3, -0.25) is 4.79 Å². The van der Waals surface area contributed by atoms with Crippen molar-refractivity contribution < 1.29 is 22.7 Å². The first kappa shape index (κ1) is 23.9. The fraction of sp³-hybridized carbons (Fsp3) is 0.143. The Balaban J connectivity index is 1.73. The number of hydrogen-bond acceptors (Lipinski definition) is 7. The van der Waals surface area contributed by atoms with E-state index in [0.717, 1.165) is 6.20 Å². The van der Waals surface area contributed by atoms with Crippen LogP contribution < -0.4 is 10.1 Å². The summed E-state index contributed by atoms with van der Waals surface area (Å²) in [6, 6.07) is 2.91. The Morgan fingerprint density at radius 3 is 2.51 bits per heavy atom. The number of nitrogens with zero attached hydrogens (tertiary/aromatic N) is 7. The van der Waals surface area contributed by atoms with Crippen molar-refractivity contribution in [3.05, 3.63) is 71.0 Å². The zero-order valence-electron chi connectivity index (χ0n) is 18.2. The van der Waals surface area contributed by atoms with Gasteiger partial charge in [-0.15, -0.1) is 4.80 Å². The number of allylic oxidation sites excluding steroid dienone is 1. The summed E-state index contributed by atoms with van der Waals surface area (Å²) in [5.74, 6) is -0.930. The van der Waals surface area contributed by atoms with Crippen LogP contribution in [0.3, 0.4) is 0 Å². The molecule has 1 amide bonds. The minimum Gasteiger partial charge on any atom is -0.495 e. The van der Waals surface area contributed by atoms with Crippen molar-refractivity contribution in [3.8, 4) is 17.4 Å². The van der Waals surface area contributed by atoms with E-state index in [9.17, 15) is 18.0 Å². The normalized spacial score (nSPS) is 11.7. The van der Waals surface area contributed by atoms with Gasteiger partial charge < -0.3 is 10.1 Å². The summed E-state index contributed by atoms with van der Waals surface area (Å²) in [5, 5.41) is 14.0. The third kappa shape index (κ3) is 4.71. The maximum Gasteiger partial charge on any atom is 0.434 e. The molecule has 4 heterocycles. The lowest BCUT2D eigenvalue weighted by atomic mass is 10.2. The van der Waals surface area contributed by atoms with Gasteiger partial charge in [0.1, 0.15) is 10.8 Å². The van der Waals surface area contributed by atoms with E-state index in [2.05, 4.69) is 30.6 Å². The number of nitrogens with one attached hydrogen (secondary N) is 1. The minimum atomic E-state index is -4.96. The number of halogens is 4. The van der Waals surface area contributed by atoms with E-state index in [1.165, 1.54) is 48.8 Å². The lowest BCUT2D eigenvalue weighted by Crippen LogP contribution is -2.21. The number of carbonyl (C=O) groups excluding carboxylic acids is 1. The number of methoxy groups -OCH3 is 1. The smallest absolute Gasteiger partial charge is 0.434 e. The number of alkyl halides is 3. The maximum atomic E-state index is 14.0. The van der Waals surface area contributed by atoms with Crippen LogP contribution in [0, 0.1) is 0 Å². The van der Waals surface area contributed by atoms with E-state index >= 15 is 0 Å². The molecule has 0 fully saturated rings. The third-order valence-corrected chi connectivity index (χ3v) is 5.00. The molecule has 4 aromatic heterocycles. The van der Waals surface area contributed by atoms with Crippen molar-refractivity contribution in [1.29, 1.82) is 0 Å². The SMILES string of the molecule is C/C=C\c1cc(NC(=O)c2cnn(-c3nccc(OC)c3Cl)c2C(F)(F)F)cnc1-n1nccn1. The first-order valence-electron chi connectivity index (χ1n) is 9.89. The van der Waals surface area contributed by atoms with E-state index in [-0.39, 0.29) is 22.3 Å². The lowest BCUT2D eigenvalue weighted by Gasteiger charge is -2.14. The Labute approximate surface area is 201 Å². The Bertz CT molecular complexity index is 1400. The van der Waals surface area contributed by atoms with Crippen LogP contribution >= 0.6 is 11.6 Å². The number of amides is 1. The molecule has 0 saturated heterocycles. The van der Waals surface area contributed by atoms with Crippen LogP contribution in [0.15, 0.2) is 49.2 Å². The average Bonchev–Trinajstić information content (AvgIpc) is 3.50. The van der Waals surface area contributed by atoms with Crippen LogP contribution in [0.2, 0.25) is 5.02 Å². The summed E-state index contributed by atoms with van der Waals surface area (Å²) in [6.07, 6.45) is 4.68. The molecule has 0 saturated carbocycles. The van der Waals surface area contributed by atoms with Crippen molar-refractivity contribution in [1.82, 2.24) is 34.7 Å². The van der Waals surface area contributed by atoms with Crippen LogP contribution in [0.4, 0.5) is 18.9 Å². The zero-order valence-corrected chi connectivity index (χ0v) is 18.9. The van der Waals surface area contributed by atoms with Gasteiger partial charge in [0.25, 0.3) is 5.91 Å². The highest BCUT2D eigenvalue weighted by molar-refractivity contribution is 6.33. The number of hydrogen-bond donors (Lipinski definition) is 1. The molecule has 0 aliphatic rings. The molecule has 0 radical (unpaired) electrons. The quantitative estimate of drug-likeness (QED) is 0.418. The molecule has 10 nitrogen and oxygen atoms in total. The van der Waals surface area contributed by atoms with Crippen LogP contribution in [-0.2, 0) is 6.18 Å². The van der Waals surface area contributed by atoms with Crippen molar-refractivity contribution in [3.63, 3.8) is 0 Å². The molecular formula is C21H16ClF3N8O2. The first-order chi connectivity index (χ1) is 16.7. The second kappa shape index (κ2) is 9.54. The van der Waals surface area contributed by atoms with Crippen LogP contribution in [0.25, 0.3) is 17.7 Å². The van der Waals surface area contributed by atoms with E-state index < -0.39 is 23.3 Å².